The number of benzene rings is 1. The highest BCUT2D eigenvalue weighted by molar-refractivity contribution is 5.80. The van der Waals surface area contributed by atoms with Crippen LogP contribution in [0.3, 0.4) is 0 Å². The minimum Gasteiger partial charge on any atom is -0.493 e. The predicted octanol–water partition coefficient (Wildman–Crippen LogP) is 2.92. The molecule has 0 unspecified atom stereocenters. The third kappa shape index (κ3) is 7.53. The lowest BCUT2D eigenvalue weighted by Crippen LogP contribution is -2.42. The highest BCUT2D eigenvalue weighted by Crippen LogP contribution is 2.29. The summed E-state index contributed by atoms with van der Waals surface area (Å²) in [5, 5.41) is 0. The van der Waals surface area contributed by atoms with Crippen LogP contribution >= 0.6 is 0 Å². The number of hydrogen-bond acceptors (Lipinski definition) is 6. The molecule has 1 saturated carbocycles. The Hall–Kier alpha value is -2.97. The van der Waals surface area contributed by atoms with E-state index in [0.29, 0.717) is 50.6 Å². The molecule has 1 aromatic rings. The average molecular weight is 476 g/mol. The average Bonchev–Trinajstić information content (AvgIpc) is 3.63. The highest BCUT2D eigenvalue weighted by atomic mass is 16.6. The summed E-state index contributed by atoms with van der Waals surface area (Å²) >= 11 is 0. The minimum atomic E-state index is -0.549. The Kier molecular flexibility index (Phi) is 8.63. The van der Waals surface area contributed by atoms with Gasteiger partial charge in [0.25, 0.3) is 5.91 Å². The van der Waals surface area contributed by atoms with Gasteiger partial charge in [0.1, 0.15) is 5.60 Å². The lowest BCUT2D eigenvalue weighted by molar-refractivity contribution is -0.136. The topological polar surface area (TPSA) is 88.6 Å². The van der Waals surface area contributed by atoms with Crippen LogP contribution in [-0.4, -0.2) is 90.7 Å². The molecule has 188 valence electrons. The van der Waals surface area contributed by atoms with Crippen molar-refractivity contribution in [3.05, 3.63) is 24.3 Å². The quantitative estimate of drug-likeness (QED) is 0.575. The number of rotatable bonds is 8. The van der Waals surface area contributed by atoms with Crippen LogP contribution in [0.2, 0.25) is 0 Å². The summed E-state index contributed by atoms with van der Waals surface area (Å²) in [4.78, 5) is 43.3. The number of carbonyl (C=O) groups excluding carboxylic acids is 3. The highest BCUT2D eigenvalue weighted by Gasteiger charge is 2.33. The van der Waals surface area contributed by atoms with Gasteiger partial charge in [-0.25, -0.2) is 4.79 Å². The van der Waals surface area contributed by atoms with E-state index in [9.17, 15) is 14.4 Å². The Morgan fingerprint density at radius 2 is 1.65 bits per heavy atom. The monoisotopic (exact) mass is 475 g/mol. The molecule has 1 aromatic carbocycles. The summed E-state index contributed by atoms with van der Waals surface area (Å²) in [7, 11) is 1.56. The molecule has 1 heterocycles. The number of ether oxygens (including phenoxy) is 3. The van der Waals surface area contributed by atoms with Crippen LogP contribution in [0.5, 0.6) is 11.5 Å². The lowest BCUT2D eigenvalue weighted by atomic mass is 10.2. The van der Waals surface area contributed by atoms with Gasteiger partial charge >= 0.3 is 6.09 Å². The van der Waals surface area contributed by atoms with E-state index in [1.807, 2.05) is 32.9 Å². The molecular weight excluding hydrogens is 438 g/mol. The van der Waals surface area contributed by atoms with E-state index in [-0.39, 0.29) is 37.0 Å². The maximum atomic E-state index is 12.9. The van der Waals surface area contributed by atoms with Crippen LogP contribution in [0.4, 0.5) is 4.79 Å². The van der Waals surface area contributed by atoms with Gasteiger partial charge in [0.2, 0.25) is 5.91 Å². The van der Waals surface area contributed by atoms with Gasteiger partial charge in [0.05, 0.1) is 7.11 Å². The number of para-hydroxylation sites is 2. The molecule has 3 rings (SSSR count). The van der Waals surface area contributed by atoms with E-state index in [1.54, 1.807) is 33.9 Å². The van der Waals surface area contributed by atoms with Crippen molar-refractivity contribution < 1.29 is 28.6 Å². The second-order valence-electron chi connectivity index (χ2n) is 9.71. The molecule has 3 amide bonds. The first kappa shape index (κ1) is 25.6. The molecule has 9 heteroatoms. The smallest absolute Gasteiger partial charge is 0.410 e. The van der Waals surface area contributed by atoms with Gasteiger partial charge in [-0.1, -0.05) is 12.1 Å². The second kappa shape index (κ2) is 11.4. The van der Waals surface area contributed by atoms with Crippen molar-refractivity contribution in [2.45, 2.75) is 58.1 Å². The van der Waals surface area contributed by atoms with Crippen molar-refractivity contribution >= 4 is 17.9 Å². The van der Waals surface area contributed by atoms with Crippen molar-refractivity contribution in [3.8, 4) is 11.5 Å². The van der Waals surface area contributed by atoms with Crippen LogP contribution < -0.4 is 9.47 Å². The van der Waals surface area contributed by atoms with Crippen molar-refractivity contribution in [3.63, 3.8) is 0 Å². The van der Waals surface area contributed by atoms with Gasteiger partial charge < -0.3 is 28.9 Å². The normalized spacial score (nSPS) is 16.5. The third-order valence-electron chi connectivity index (χ3n) is 5.80. The number of nitrogens with zero attached hydrogens (tertiary/aromatic N) is 3. The molecule has 1 aliphatic heterocycles. The zero-order chi connectivity index (χ0) is 24.7. The SMILES string of the molecule is COc1ccccc1OCC(=O)N(CCC(=O)N1CCCN(C(=O)OC(C)(C)C)CC1)C1CC1. The van der Waals surface area contributed by atoms with Gasteiger partial charge in [-0.2, -0.15) is 0 Å². The van der Waals surface area contributed by atoms with Crippen molar-refractivity contribution in [1.82, 2.24) is 14.7 Å². The second-order valence-corrected chi connectivity index (χ2v) is 9.71. The predicted molar refractivity (Wildman–Crippen MR) is 127 cm³/mol. The molecule has 0 spiro atoms. The van der Waals surface area contributed by atoms with E-state index in [0.717, 1.165) is 12.8 Å². The molecule has 1 aliphatic carbocycles. The first-order valence-electron chi connectivity index (χ1n) is 12.0. The summed E-state index contributed by atoms with van der Waals surface area (Å²) in [6.45, 7) is 7.85. The summed E-state index contributed by atoms with van der Waals surface area (Å²) in [6.07, 6.45) is 2.50. The molecule has 2 aliphatic rings. The number of methoxy groups -OCH3 is 1. The number of hydrogen-bond donors (Lipinski definition) is 0. The zero-order valence-corrected chi connectivity index (χ0v) is 20.7. The fraction of sp³-hybridized carbons (Fsp3) is 0.640. The van der Waals surface area contributed by atoms with Gasteiger partial charge in [-0.05, 0) is 52.2 Å². The Labute approximate surface area is 201 Å². The third-order valence-corrected chi connectivity index (χ3v) is 5.80. The van der Waals surface area contributed by atoms with E-state index >= 15 is 0 Å². The van der Waals surface area contributed by atoms with Gasteiger partial charge in [0, 0.05) is 45.2 Å². The zero-order valence-electron chi connectivity index (χ0n) is 20.7. The Morgan fingerprint density at radius 1 is 1.00 bits per heavy atom. The lowest BCUT2D eigenvalue weighted by Gasteiger charge is -2.27. The largest absolute Gasteiger partial charge is 0.493 e. The maximum Gasteiger partial charge on any atom is 0.410 e. The molecule has 1 saturated heterocycles. The molecule has 0 radical (unpaired) electrons. The van der Waals surface area contributed by atoms with E-state index in [2.05, 4.69) is 0 Å². The first-order chi connectivity index (χ1) is 16.2. The van der Waals surface area contributed by atoms with Crippen LogP contribution in [-0.2, 0) is 14.3 Å². The van der Waals surface area contributed by atoms with E-state index in [4.69, 9.17) is 14.2 Å². The van der Waals surface area contributed by atoms with Crippen LogP contribution in [0.1, 0.15) is 46.5 Å². The van der Waals surface area contributed by atoms with Crippen LogP contribution in [0, 0.1) is 0 Å². The molecular formula is C25H37N3O6. The van der Waals surface area contributed by atoms with E-state index in [1.165, 1.54) is 0 Å². The number of amides is 3. The molecule has 2 fully saturated rings. The fourth-order valence-electron chi connectivity index (χ4n) is 3.91. The van der Waals surface area contributed by atoms with Gasteiger partial charge in [-0.15, -0.1) is 0 Å². The van der Waals surface area contributed by atoms with Gasteiger partial charge in [0.15, 0.2) is 18.1 Å². The van der Waals surface area contributed by atoms with Crippen molar-refractivity contribution in [2.75, 3.05) is 46.4 Å². The summed E-state index contributed by atoms with van der Waals surface area (Å²) in [5.74, 6) is 0.956. The van der Waals surface area contributed by atoms with Crippen LogP contribution in [0.25, 0.3) is 0 Å². The van der Waals surface area contributed by atoms with Crippen molar-refractivity contribution in [1.29, 1.82) is 0 Å². The van der Waals surface area contributed by atoms with E-state index < -0.39 is 5.60 Å². The minimum absolute atomic E-state index is 0.00450. The summed E-state index contributed by atoms with van der Waals surface area (Å²) < 4.78 is 16.4. The standard InChI is InChI=1S/C25H37N3O6/c1-25(2,3)34-24(31)27-14-7-13-26(16-17-27)22(29)12-15-28(19-10-11-19)23(30)18-33-21-9-6-5-8-20(21)32-4/h5-6,8-9,19H,7,10-18H2,1-4H3. The van der Waals surface area contributed by atoms with Crippen LogP contribution in [0.15, 0.2) is 24.3 Å². The molecule has 0 bridgehead atoms. The Morgan fingerprint density at radius 3 is 2.29 bits per heavy atom. The fourth-order valence-corrected chi connectivity index (χ4v) is 3.91. The van der Waals surface area contributed by atoms with Gasteiger partial charge in [-0.3, -0.25) is 9.59 Å². The molecule has 0 N–H and O–H groups in total. The Bertz CT molecular complexity index is 864. The molecule has 0 aromatic heterocycles. The summed E-state index contributed by atoms with van der Waals surface area (Å²) in [5.41, 5.74) is -0.549. The van der Waals surface area contributed by atoms with Crippen molar-refractivity contribution in [2.24, 2.45) is 0 Å². The molecule has 34 heavy (non-hydrogen) atoms. The Balaban J connectivity index is 1.48. The first-order valence-corrected chi connectivity index (χ1v) is 12.0. The number of carbonyl (C=O) groups is 3. The maximum absolute atomic E-state index is 12.9. The molecule has 9 nitrogen and oxygen atoms in total. The molecule has 0 atom stereocenters. The summed E-state index contributed by atoms with van der Waals surface area (Å²) in [6, 6.07) is 7.38.